The average molecular weight is 473 g/mol. The molecule has 0 bridgehead atoms. The van der Waals surface area contributed by atoms with Gasteiger partial charge < -0.3 is 30.7 Å². The molecular weight excluding hydrogens is 436 g/mol. The normalized spacial score (nSPS) is 11.4. The van der Waals surface area contributed by atoms with Crippen LogP contribution in [0.25, 0.3) is 0 Å². The molecule has 0 fully saturated rings. The lowest BCUT2D eigenvalue weighted by molar-refractivity contribution is -0.154. The van der Waals surface area contributed by atoms with Crippen LogP contribution in [0, 0.1) is 0 Å². The molecule has 186 valence electrons. The van der Waals surface area contributed by atoms with E-state index < -0.39 is 11.6 Å². The van der Waals surface area contributed by atoms with Gasteiger partial charge >= 0.3 is 11.9 Å². The molecule has 0 heterocycles. The Morgan fingerprint density at radius 3 is 1.74 bits per heavy atom. The SMILES string of the molecule is CC(C)(C)OC(=O)CCc1ccc(O)c(CNCCNCc2cc(CCC(=O)O)ccc2O)c1. The van der Waals surface area contributed by atoms with E-state index in [1.165, 1.54) is 0 Å². The van der Waals surface area contributed by atoms with Crippen LogP contribution in [0.5, 0.6) is 11.5 Å². The second-order valence-electron chi connectivity index (χ2n) is 9.26. The second-order valence-corrected chi connectivity index (χ2v) is 9.26. The first kappa shape index (κ1) is 27.1. The average Bonchev–Trinajstić information content (AvgIpc) is 2.75. The lowest BCUT2D eigenvalue weighted by Crippen LogP contribution is -2.26. The van der Waals surface area contributed by atoms with Gasteiger partial charge in [0.05, 0.1) is 0 Å². The van der Waals surface area contributed by atoms with E-state index in [1.807, 2.05) is 39.0 Å². The number of aryl methyl sites for hydroxylation is 2. The lowest BCUT2D eigenvalue weighted by Gasteiger charge is -2.19. The molecule has 2 rings (SSSR count). The molecule has 0 saturated heterocycles. The fraction of sp³-hybridized carbons (Fsp3) is 0.462. The van der Waals surface area contributed by atoms with Gasteiger partial charge in [0.2, 0.25) is 0 Å². The molecule has 0 aliphatic carbocycles. The fourth-order valence-electron chi connectivity index (χ4n) is 3.38. The minimum Gasteiger partial charge on any atom is -0.508 e. The number of rotatable bonds is 13. The largest absolute Gasteiger partial charge is 0.508 e. The number of carbonyl (C=O) groups is 2. The number of nitrogens with one attached hydrogen (secondary N) is 2. The Bertz CT molecular complexity index is 968. The molecule has 0 amide bonds. The number of carboxylic acid groups (broad SMARTS) is 1. The lowest BCUT2D eigenvalue weighted by atomic mass is 10.1. The van der Waals surface area contributed by atoms with Gasteiger partial charge in [-0.2, -0.15) is 0 Å². The smallest absolute Gasteiger partial charge is 0.306 e. The van der Waals surface area contributed by atoms with Crippen molar-refractivity contribution in [1.82, 2.24) is 10.6 Å². The fourth-order valence-corrected chi connectivity index (χ4v) is 3.38. The summed E-state index contributed by atoms with van der Waals surface area (Å²) in [6.07, 6.45) is 1.29. The third-order valence-electron chi connectivity index (χ3n) is 5.06. The number of carbonyl (C=O) groups excluding carboxylic acids is 1. The number of hydrogen-bond donors (Lipinski definition) is 5. The van der Waals surface area contributed by atoms with Gasteiger partial charge in [0.15, 0.2) is 0 Å². The molecule has 0 aromatic heterocycles. The first-order valence-electron chi connectivity index (χ1n) is 11.5. The van der Waals surface area contributed by atoms with E-state index in [9.17, 15) is 19.8 Å². The van der Waals surface area contributed by atoms with E-state index >= 15 is 0 Å². The molecule has 5 N–H and O–H groups in total. The van der Waals surface area contributed by atoms with E-state index in [-0.39, 0.29) is 30.3 Å². The van der Waals surface area contributed by atoms with Crippen LogP contribution in [-0.4, -0.2) is 45.9 Å². The topological polar surface area (TPSA) is 128 Å². The molecule has 8 nitrogen and oxygen atoms in total. The highest BCUT2D eigenvalue weighted by molar-refractivity contribution is 5.70. The molecule has 8 heteroatoms. The molecule has 2 aromatic rings. The third kappa shape index (κ3) is 10.2. The van der Waals surface area contributed by atoms with Gasteiger partial charge in [0.25, 0.3) is 0 Å². The van der Waals surface area contributed by atoms with E-state index in [2.05, 4.69) is 10.6 Å². The van der Waals surface area contributed by atoms with Crippen LogP contribution in [0.1, 0.15) is 55.9 Å². The number of hydrogen-bond acceptors (Lipinski definition) is 7. The second kappa shape index (κ2) is 13.0. The van der Waals surface area contributed by atoms with Crippen LogP contribution in [-0.2, 0) is 40.3 Å². The number of ether oxygens (including phenoxy) is 1. The van der Waals surface area contributed by atoms with Crippen molar-refractivity contribution < 1.29 is 29.6 Å². The molecule has 0 atom stereocenters. The number of esters is 1. The Morgan fingerprint density at radius 1 is 0.824 bits per heavy atom. The molecule has 34 heavy (non-hydrogen) atoms. The molecule has 0 aliphatic rings. The van der Waals surface area contributed by atoms with Crippen molar-refractivity contribution in [2.24, 2.45) is 0 Å². The first-order chi connectivity index (χ1) is 16.0. The Balaban J connectivity index is 1.75. The number of benzene rings is 2. The summed E-state index contributed by atoms with van der Waals surface area (Å²) in [5.41, 5.74) is 2.80. The van der Waals surface area contributed by atoms with Crippen molar-refractivity contribution in [1.29, 1.82) is 0 Å². The molecule has 0 spiro atoms. The molecule has 0 radical (unpaired) electrons. The highest BCUT2D eigenvalue weighted by Gasteiger charge is 2.16. The Morgan fingerprint density at radius 2 is 1.29 bits per heavy atom. The molecule has 0 saturated carbocycles. The van der Waals surface area contributed by atoms with Gasteiger partial charge in [-0.1, -0.05) is 24.3 Å². The van der Waals surface area contributed by atoms with Gasteiger partial charge in [-0.25, -0.2) is 0 Å². The zero-order chi connectivity index (χ0) is 25.1. The summed E-state index contributed by atoms with van der Waals surface area (Å²) in [7, 11) is 0. The summed E-state index contributed by atoms with van der Waals surface area (Å²) in [4.78, 5) is 22.7. The van der Waals surface area contributed by atoms with Crippen molar-refractivity contribution in [2.45, 2.75) is 65.1 Å². The maximum absolute atomic E-state index is 11.9. The minimum atomic E-state index is -0.849. The van der Waals surface area contributed by atoms with Crippen LogP contribution in [0.3, 0.4) is 0 Å². The van der Waals surface area contributed by atoms with Crippen LogP contribution in [0.4, 0.5) is 0 Å². The van der Waals surface area contributed by atoms with Crippen molar-refractivity contribution in [3.8, 4) is 11.5 Å². The predicted molar refractivity (Wildman–Crippen MR) is 130 cm³/mol. The number of aliphatic carboxylic acids is 1. The van der Waals surface area contributed by atoms with E-state index in [0.29, 0.717) is 39.0 Å². The molecule has 2 aromatic carbocycles. The Kier molecular flexibility index (Phi) is 10.3. The van der Waals surface area contributed by atoms with Crippen molar-refractivity contribution >= 4 is 11.9 Å². The van der Waals surface area contributed by atoms with Gasteiger partial charge in [0.1, 0.15) is 17.1 Å². The highest BCUT2D eigenvalue weighted by Crippen LogP contribution is 2.21. The van der Waals surface area contributed by atoms with Gasteiger partial charge in [0, 0.05) is 50.1 Å². The summed E-state index contributed by atoms with van der Waals surface area (Å²) in [6, 6.07) is 10.5. The number of aromatic hydroxyl groups is 2. The zero-order valence-electron chi connectivity index (χ0n) is 20.2. The van der Waals surface area contributed by atoms with Crippen LogP contribution >= 0.6 is 0 Å². The summed E-state index contributed by atoms with van der Waals surface area (Å²) >= 11 is 0. The number of phenols is 2. The summed E-state index contributed by atoms with van der Waals surface area (Å²) in [5, 5.41) is 35.5. The Hall–Kier alpha value is -3.10. The quantitative estimate of drug-likeness (QED) is 0.222. The van der Waals surface area contributed by atoms with E-state index in [4.69, 9.17) is 9.84 Å². The van der Waals surface area contributed by atoms with Crippen LogP contribution in [0.2, 0.25) is 0 Å². The van der Waals surface area contributed by atoms with Gasteiger partial charge in [-0.3, -0.25) is 9.59 Å². The maximum Gasteiger partial charge on any atom is 0.306 e. The van der Waals surface area contributed by atoms with Gasteiger partial charge in [-0.05, 0) is 56.9 Å². The Labute approximate surface area is 201 Å². The molecule has 0 unspecified atom stereocenters. The predicted octanol–water partition coefficient (Wildman–Crippen LogP) is 3.27. The third-order valence-corrected chi connectivity index (χ3v) is 5.06. The van der Waals surface area contributed by atoms with Crippen LogP contribution in [0.15, 0.2) is 36.4 Å². The van der Waals surface area contributed by atoms with E-state index in [1.54, 1.807) is 18.2 Å². The summed E-state index contributed by atoms with van der Waals surface area (Å²) in [5.74, 6) is -0.722. The van der Waals surface area contributed by atoms with Crippen molar-refractivity contribution in [3.05, 3.63) is 58.7 Å². The number of phenolic OH excluding ortho intramolecular Hbond substituents is 2. The zero-order valence-corrected chi connectivity index (χ0v) is 20.2. The summed E-state index contributed by atoms with van der Waals surface area (Å²) in [6.45, 7) is 7.73. The number of carboxylic acids is 1. The molecular formula is C26H36N2O6. The van der Waals surface area contributed by atoms with E-state index in [0.717, 1.165) is 22.3 Å². The summed E-state index contributed by atoms with van der Waals surface area (Å²) < 4.78 is 5.34. The first-order valence-corrected chi connectivity index (χ1v) is 11.5. The van der Waals surface area contributed by atoms with Crippen molar-refractivity contribution in [2.75, 3.05) is 13.1 Å². The molecule has 0 aliphatic heterocycles. The highest BCUT2D eigenvalue weighted by atomic mass is 16.6. The maximum atomic E-state index is 11.9. The standard InChI is InChI=1S/C26H36N2O6/c1-26(2,3)34-25(33)11-7-19-5-9-23(30)21(15-19)17-28-13-12-27-16-20-14-18(4-8-22(20)29)6-10-24(31)32/h4-5,8-9,14-15,27-30H,6-7,10-13,16-17H2,1-3H3,(H,31,32). The minimum absolute atomic E-state index is 0.0522. The van der Waals surface area contributed by atoms with Crippen molar-refractivity contribution in [3.63, 3.8) is 0 Å². The van der Waals surface area contributed by atoms with Crippen LogP contribution < -0.4 is 10.6 Å². The monoisotopic (exact) mass is 472 g/mol. The van der Waals surface area contributed by atoms with Gasteiger partial charge in [-0.15, -0.1) is 0 Å².